The van der Waals surface area contributed by atoms with E-state index < -0.39 is 11.5 Å². The molecule has 0 atom stereocenters. The smallest absolute Gasteiger partial charge is 0.314 e. The molecule has 0 amide bonds. The molecular formula is C10H14F2N2O. The minimum absolute atomic E-state index is 0.238. The number of ether oxygens (including phenoxy) is 1. The van der Waals surface area contributed by atoms with Gasteiger partial charge in [-0.2, -0.15) is 19.0 Å². The first-order valence-electron chi connectivity index (χ1n) is 4.61. The molecule has 0 aromatic carbocycles. The molecular weight excluding hydrogens is 202 g/mol. The van der Waals surface area contributed by atoms with Crippen LogP contribution in [0.3, 0.4) is 0 Å². The Morgan fingerprint density at radius 1 is 1.33 bits per heavy atom. The van der Waals surface area contributed by atoms with Gasteiger partial charge >= 0.3 is 6.11 Å². The summed E-state index contributed by atoms with van der Waals surface area (Å²) in [5.74, 6) is 0. The van der Waals surface area contributed by atoms with Crippen LogP contribution in [0.5, 0.6) is 0 Å². The van der Waals surface area contributed by atoms with Crippen LogP contribution in [0.2, 0.25) is 0 Å². The minimum atomic E-state index is -3.18. The summed E-state index contributed by atoms with van der Waals surface area (Å²) >= 11 is 0. The van der Waals surface area contributed by atoms with Crippen LogP contribution in [0.25, 0.3) is 0 Å². The number of halogens is 2. The zero-order chi connectivity index (χ0) is 11.5. The van der Waals surface area contributed by atoms with E-state index in [0.717, 1.165) is 0 Å². The molecule has 15 heavy (non-hydrogen) atoms. The lowest BCUT2D eigenvalue weighted by atomic mass is 9.95. The number of rotatable bonds is 3. The van der Waals surface area contributed by atoms with E-state index in [0.29, 0.717) is 5.69 Å². The van der Waals surface area contributed by atoms with Gasteiger partial charge in [0.05, 0.1) is 17.7 Å². The molecule has 0 aliphatic rings. The molecule has 0 fully saturated rings. The number of nitrogens with zero attached hydrogens (tertiary/aromatic N) is 2. The fraction of sp³-hybridized carbons (Fsp3) is 0.600. The first-order valence-corrected chi connectivity index (χ1v) is 4.61. The van der Waals surface area contributed by atoms with Crippen molar-refractivity contribution in [2.24, 2.45) is 5.41 Å². The molecule has 0 aliphatic heterocycles. The van der Waals surface area contributed by atoms with Crippen LogP contribution in [-0.4, -0.2) is 16.3 Å². The number of hydrogen-bond donors (Lipinski definition) is 0. The maximum atomic E-state index is 13.3. The Bertz CT molecular complexity index is 309. The third-order valence-corrected chi connectivity index (χ3v) is 1.90. The Balaban J connectivity index is 2.58. The third kappa shape index (κ3) is 3.20. The molecule has 0 bridgehead atoms. The van der Waals surface area contributed by atoms with Gasteiger partial charge in [0.25, 0.3) is 0 Å². The van der Waals surface area contributed by atoms with Gasteiger partial charge in [0.1, 0.15) is 0 Å². The largest absolute Gasteiger partial charge is 0.360 e. The molecule has 5 heteroatoms. The molecule has 1 aromatic heterocycles. The van der Waals surface area contributed by atoms with Gasteiger partial charge in [-0.1, -0.05) is 20.8 Å². The first kappa shape index (κ1) is 12.0. The topological polar surface area (TPSA) is 35.0 Å². The summed E-state index contributed by atoms with van der Waals surface area (Å²) in [6.45, 7) is 4.02. The van der Waals surface area contributed by atoms with Gasteiger partial charge in [-0.05, 0) is 12.1 Å². The monoisotopic (exact) mass is 216 g/mol. The highest BCUT2D eigenvalue weighted by atomic mass is 19.3. The molecule has 84 valence electrons. The van der Waals surface area contributed by atoms with Crippen LogP contribution >= 0.6 is 0 Å². The van der Waals surface area contributed by atoms with E-state index in [1.54, 1.807) is 12.1 Å². The van der Waals surface area contributed by atoms with E-state index in [1.165, 1.54) is 27.0 Å². The molecule has 0 unspecified atom stereocenters. The normalized spacial score (nSPS) is 12.9. The summed E-state index contributed by atoms with van der Waals surface area (Å²) in [6.07, 6.45) is -1.70. The minimum Gasteiger partial charge on any atom is -0.314 e. The lowest BCUT2D eigenvalue weighted by Crippen LogP contribution is -2.36. The number of alkyl halides is 2. The van der Waals surface area contributed by atoms with Crippen LogP contribution in [0.4, 0.5) is 8.78 Å². The van der Waals surface area contributed by atoms with Crippen LogP contribution in [0.1, 0.15) is 26.5 Å². The van der Waals surface area contributed by atoms with Crippen LogP contribution in [0, 0.1) is 5.41 Å². The van der Waals surface area contributed by atoms with Gasteiger partial charge in [0.2, 0.25) is 0 Å². The third-order valence-electron chi connectivity index (χ3n) is 1.90. The number of aromatic nitrogens is 2. The maximum Gasteiger partial charge on any atom is 0.360 e. The zero-order valence-electron chi connectivity index (χ0n) is 9.00. The predicted octanol–water partition coefficient (Wildman–Crippen LogP) is 2.63. The SMILES string of the molecule is CC(C)(C)C(F)(F)OCc1cccnn1. The predicted molar refractivity (Wildman–Crippen MR) is 51.2 cm³/mol. The molecule has 0 N–H and O–H groups in total. The summed E-state index contributed by atoms with van der Waals surface area (Å²) in [6, 6.07) is 3.21. The summed E-state index contributed by atoms with van der Waals surface area (Å²) < 4.78 is 31.2. The first-order chi connectivity index (χ1) is 6.83. The van der Waals surface area contributed by atoms with Crippen LogP contribution in [-0.2, 0) is 11.3 Å². The Morgan fingerprint density at radius 3 is 2.47 bits per heavy atom. The Kier molecular flexibility index (Phi) is 3.34. The average molecular weight is 216 g/mol. The van der Waals surface area contributed by atoms with E-state index in [9.17, 15) is 8.78 Å². The highest BCUT2D eigenvalue weighted by Gasteiger charge is 2.44. The summed E-state index contributed by atoms with van der Waals surface area (Å²) in [5, 5.41) is 7.23. The zero-order valence-corrected chi connectivity index (χ0v) is 9.00. The van der Waals surface area contributed by atoms with Crippen molar-refractivity contribution < 1.29 is 13.5 Å². The van der Waals surface area contributed by atoms with E-state index in [-0.39, 0.29) is 6.61 Å². The van der Waals surface area contributed by atoms with Crippen molar-refractivity contribution in [2.45, 2.75) is 33.5 Å². The molecule has 0 aliphatic carbocycles. The van der Waals surface area contributed by atoms with Crippen molar-refractivity contribution >= 4 is 0 Å². The van der Waals surface area contributed by atoms with Gasteiger partial charge in [-0.15, -0.1) is 0 Å². The molecule has 0 spiro atoms. The van der Waals surface area contributed by atoms with Crippen LogP contribution in [0.15, 0.2) is 18.3 Å². The molecule has 1 rings (SSSR count). The summed E-state index contributed by atoms with van der Waals surface area (Å²) in [7, 11) is 0. The van der Waals surface area contributed by atoms with Crippen molar-refractivity contribution in [3.8, 4) is 0 Å². The quantitative estimate of drug-likeness (QED) is 0.779. The van der Waals surface area contributed by atoms with E-state index in [2.05, 4.69) is 14.9 Å². The summed E-state index contributed by atoms with van der Waals surface area (Å²) in [5.41, 5.74) is -0.837. The second-order valence-electron chi connectivity index (χ2n) is 4.27. The van der Waals surface area contributed by atoms with E-state index in [1.807, 2.05) is 0 Å². The van der Waals surface area contributed by atoms with Gasteiger partial charge in [-0.25, -0.2) is 0 Å². The van der Waals surface area contributed by atoms with Crippen molar-refractivity contribution in [1.82, 2.24) is 10.2 Å². The Labute approximate surface area is 87.5 Å². The second kappa shape index (κ2) is 4.18. The standard InChI is InChI=1S/C10H14F2N2O/c1-9(2,3)10(11,12)15-7-8-5-4-6-13-14-8/h4-6H,7H2,1-3H3. The average Bonchev–Trinajstić information content (AvgIpc) is 2.15. The van der Waals surface area contributed by atoms with Crippen molar-refractivity contribution in [1.29, 1.82) is 0 Å². The lowest BCUT2D eigenvalue weighted by molar-refractivity contribution is -0.301. The highest BCUT2D eigenvalue weighted by Crippen LogP contribution is 2.36. The Morgan fingerprint density at radius 2 is 2.00 bits per heavy atom. The van der Waals surface area contributed by atoms with Crippen molar-refractivity contribution in [3.05, 3.63) is 24.0 Å². The number of hydrogen-bond acceptors (Lipinski definition) is 3. The molecule has 1 heterocycles. The van der Waals surface area contributed by atoms with Gasteiger partial charge < -0.3 is 4.74 Å². The molecule has 0 radical (unpaired) electrons. The molecule has 0 saturated carbocycles. The molecule has 0 saturated heterocycles. The summed E-state index contributed by atoms with van der Waals surface area (Å²) in [4.78, 5) is 0. The second-order valence-corrected chi connectivity index (χ2v) is 4.27. The Hall–Kier alpha value is -1.10. The fourth-order valence-corrected chi connectivity index (χ4v) is 0.791. The van der Waals surface area contributed by atoms with Gasteiger partial charge in [-0.3, -0.25) is 0 Å². The van der Waals surface area contributed by atoms with Gasteiger partial charge in [0, 0.05) is 6.20 Å². The van der Waals surface area contributed by atoms with Crippen molar-refractivity contribution in [2.75, 3.05) is 0 Å². The maximum absolute atomic E-state index is 13.3. The van der Waals surface area contributed by atoms with Gasteiger partial charge in [0.15, 0.2) is 0 Å². The highest BCUT2D eigenvalue weighted by molar-refractivity contribution is 4.97. The molecule has 1 aromatic rings. The van der Waals surface area contributed by atoms with E-state index in [4.69, 9.17) is 0 Å². The van der Waals surface area contributed by atoms with E-state index >= 15 is 0 Å². The lowest BCUT2D eigenvalue weighted by Gasteiger charge is -2.29. The fourth-order valence-electron chi connectivity index (χ4n) is 0.791. The van der Waals surface area contributed by atoms with Crippen molar-refractivity contribution in [3.63, 3.8) is 0 Å². The van der Waals surface area contributed by atoms with Crippen LogP contribution < -0.4 is 0 Å². The molecule has 3 nitrogen and oxygen atoms in total.